The van der Waals surface area contributed by atoms with Crippen molar-refractivity contribution in [3.8, 4) is 0 Å². The number of aromatic nitrogens is 2. The minimum absolute atomic E-state index is 0. The van der Waals surface area contributed by atoms with Crippen molar-refractivity contribution in [3.63, 3.8) is 0 Å². The van der Waals surface area contributed by atoms with E-state index in [0.29, 0.717) is 5.92 Å². The van der Waals surface area contributed by atoms with Crippen LogP contribution < -0.4 is 5.32 Å². The van der Waals surface area contributed by atoms with E-state index in [9.17, 15) is 4.39 Å². The van der Waals surface area contributed by atoms with Crippen molar-refractivity contribution in [2.75, 3.05) is 26.2 Å². The Balaban J connectivity index is 0.00000256. The second-order valence-corrected chi connectivity index (χ2v) is 8.54. The van der Waals surface area contributed by atoms with Crippen LogP contribution in [-0.4, -0.2) is 46.8 Å². The number of likely N-dealkylation sites (tertiary alicyclic amines) is 1. The third-order valence-corrected chi connectivity index (χ3v) is 6.57. The van der Waals surface area contributed by atoms with Crippen LogP contribution in [0.2, 0.25) is 0 Å². The first kappa shape index (κ1) is 23.0. The number of halogens is 2. The Labute approximate surface area is 196 Å². The number of hydrogen-bond acceptors (Lipinski definition) is 2. The van der Waals surface area contributed by atoms with E-state index in [0.717, 1.165) is 51.4 Å². The topological polar surface area (TPSA) is 45.5 Å². The summed E-state index contributed by atoms with van der Waals surface area (Å²) in [7, 11) is 1.97. The van der Waals surface area contributed by atoms with Crippen molar-refractivity contribution in [2.24, 2.45) is 12.0 Å². The van der Waals surface area contributed by atoms with Gasteiger partial charge in [0, 0.05) is 44.2 Å². The molecule has 2 aliphatic rings. The van der Waals surface area contributed by atoms with Crippen molar-refractivity contribution < 1.29 is 4.39 Å². The minimum Gasteiger partial charge on any atom is -0.357 e. The summed E-state index contributed by atoms with van der Waals surface area (Å²) in [5.41, 5.74) is 2.58. The zero-order valence-corrected chi connectivity index (χ0v) is 20.3. The van der Waals surface area contributed by atoms with E-state index in [-0.39, 0.29) is 35.2 Å². The number of nitrogens with zero attached hydrogens (tertiary/aromatic N) is 4. The van der Waals surface area contributed by atoms with E-state index in [1.54, 1.807) is 12.1 Å². The number of aryl methyl sites for hydroxylation is 1. The fraction of sp³-hybridized carbons (Fsp3) is 0.565. The van der Waals surface area contributed by atoms with Gasteiger partial charge in [0.05, 0.1) is 12.7 Å². The lowest BCUT2D eigenvalue weighted by atomic mass is 9.79. The molecule has 30 heavy (non-hydrogen) atoms. The standard InChI is InChI=1S/C23H32FN5.HI/c1-3-25-22(29-13-10-18(16-29)19-14-27-28(2)15-19)26-17-23(11-4-5-12-23)20-6-8-21(24)9-7-20;/h6-9,14-15,18H,3-5,10-13,16-17H2,1-2H3,(H,25,26);1H. The van der Waals surface area contributed by atoms with Crippen LogP contribution in [0.25, 0.3) is 0 Å². The van der Waals surface area contributed by atoms with Gasteiger partial charge >= 0.3 is 0 Å². The molecule has 0 amide bonds. The van der Waals surface area contributed by atoms with Gasteiger partial charge in [0.25, 0.3) is 0 Å². The Hall–Kier alpha value is -1.64. The molecule has 164 valence electrons. The third-order valence-electron chi connectivity index (χ3n) is 6.57. The first-order chi connectivity index (χ1) is 14.1. The molecule has 0 bridgehead atoms. The fourth-order valence-corrected chi connectivity index (χ4v) is 4.92. The maximum absolute atomic E-state index is 13.4. The summed E-state index contributed by atoms with van der Waals surface area (Å²) in [5, 5.41) is 7.83. The van der Waals surface area contributed by atoms with Crippen LogP contribution in [0.3, 0.4) is 0 Å². The van der Waals surface area contributed by atoms with E-state index in [1.165, 1.54) is 24.0 Å². The van der Waals surface area contributed by atoms with Gasteiger partial charge in [-0.05, 0) is 49.4 Å². The van der Waals surface area contributed by atoms with Gasteiger partial charge in [-0.2, -0.15) is 5.10 Å². The van der Waals surface area contributed by atoms with E-state index in [2.05, 4.69) is 28.4 Å². The lowest BCUT2D eigenvalue weighted by Gasteiger charge is -2.29. The zero-order valence-electron chi connectivity index (χ0n) is 18.0. The molecule has 1 atom stereocenters. The van der Waals surface area contributed by atoms with E-state index in [1.807, 2.05) is 30.1 Å². The maximum Gasteiger partial charge on any atom is 0.193 e. The molecule has 1 aliphatic heterocycles. The first-order valence-electron chi connectivity index (χ1n) is 10.9. The van der Waals surface area contributed by atoms with E-state index >= 15 is 0 Å². The Kier molecular flexibility index (Phi) is 7.76. The molecule has 2 aromatic rings. The lowest BCUT2D eigenvalue weighted by molar-refractivity contribution is 0.438. The molecular formula is C23H33FIN5. The van der Waals surface area contributed by atoms with Crippen LogP contribution in [0.5, 0.6) is 0 Å². The molecule has 0 spiro atoms. The molecule has 1 saturated carbocycles. The smallest absolute Gasteiger partial charge is 0.193 e. The van der Waals surface area contributed by atoms with Gasteiger partial charge in [0.1, 0.15) is 5.82 Å². The highest BCUT2D eigenvalue weighted by Crippen LogP contribution is 2.41. The monoisotopic (exact) mass is 525 g/mol. The van der Waals surface area contributed by atoms with Gasteiger partial charge in [-0.1, -0.05) is 25.0 Å². The van der Waals surface area contributed by atoms with Gasteiger partial charge < -0.3 is 10.2 Å². The molecule has 1 saturated heterocycles. The molecule has 1 aliphatic carbocycles. The van der Waals surface area contributed by atoms with Crippen LogP contribution in [0, 0.1) is 5.82 Å². The summed E-state index contributed by atoms with van der Waals surface area (Å²) in [6.45, 7) is 5.72. The molecular weight excluding hydrogens is 492 g/mol. The molecule has 7 heteroatoms. The highest BCUT2D eigenvalue weighted by molar-refractivity contribution is 14.0. The highest BCUT2D eigenvalue weighted by Gasteiger charge is 2.36. The molecule has 4 rings (SSSR count). The molecule has 1 N–H and O–H groups in total. The maximum atomic E-state index is 13.4. The number of hydrogen-bond donors (Lipinski definition) is 1. The van der Waals surface area contributed by atoms with Crippen LogP contribution in [0.15, 0.2) is 41.7 Å². The Bertz CT molecular complexity index is 842. The molecule has 1 aromatic heterocycles. The average Bonchev–Trinajstić information content (AvgIpc) is 3.47. The zero-order chi connectivity index (χ0) is 20.3. The summed E-state index contributed by atoms with van der Waals surface area (Å²) in [6, 6.07) is 7.08. The minimum atomic E-state index is -0.169. The van der Waals surface area contributed by atoms with E-state index in [4.69, 9.17) is 4.99 Å². The fourth-order valence-electron chi connectivity index (χ4n) is 4.92. The normalized spacial score (nSPS) is 21.0. The van der Waals surface area contributed by atoms with Crippen molar-refractivity contribution in [1.29, 1.82) is 0 Å². The summed E-state index contributed by atoms with van der Waals surface area (Å²) < 4.78 is 15.3. The number of guanidine groups is 1. The van der Waals surface area contributed by atoms with Crippen molar-refractivity contribution >= 4 is 29.9 Å². The van der Waals surface area contributed by atoms with Crippen molar-refractivity contribution in [1.82, 2.24) is 20.0 Å². The number of benzene rings is 1. The second-order valence-electron chi connectivity index (χ2n) is 8.54. The SMILES string of the molecule is CCNC(=NCC1(c2ccc(F)cc2)CCCC1)N1CCC(c2cnn(C)c2)C1.I. The largest absolute Gasteiger partial charge is 0.357 e. The van der Waals surface area contributed by atoms with Crippen LogP contribution in [-0.2, 0) is 12.5 Å². The van der Waals surface area contributed by atoms with Crippen molar-refractivity contribution in [3.05, 3.63) is 53.6 Å². The van der Waals surface area contributed by atoms with Crippen molar-refractivity contribution in [2.45, 2.75) is 50.4 Å². The Morgan fingerprint density at radius 2 is 2.00 bits per heavy atom. The van der Waals surface area contributed by atoms with E-state index < -0.39 is 0 Å². The van der Waals surface area contributed by atoms with Gasteiger partial charge in [0.15, 0.2) is 5.96 Å². The quantitative estimate of drug-likeness (QED) is 0.357. The number of aliphatic imine (C=N–C) groups is 1. The summed E-state index contributed by atoms with van der Waals surface area (Å²) >= 11 is 0. The summed E-state index contributed by atoms with van der Waals surface area (Å²) in [6.07, 6.45) is 9.92. The predicted molar refractivity (Wildman–Crippen MR) is 130 cm³/mol. The highest BCUT2D eigenvalue weighted by atomic mass is 127. The number of nitrogens with one attached hydrogen (secondary N) is 1. The number of rotatable bonds is 5. The Morgan fingerprint density at radius 3 is 2.63 bits per heavy atom. The van der Waals surface area contributed by atoms with Gasteiger partial charge in [-0.25, -0.2) is 4.39 Å². The van der Waals surface area contributed by atoms with Crippen LogP contribution in [0.1, 0.15) is 56.1 Å². The predicted octanol–water partition coefficient (Wildman–Crippen LogP) is 4.44. The van der Waals surface area contributed by atoms with Crippen LogP contribution >= 0.6 is 24.0 Å². The van der Waals surface area contributed by atoms with Crippen LogP contribution in [0.4, 0.5) is 4.39 Å². The molecule has 1 unspecified atom stereocenters. The molecule has 1 aromatic carbocycles. The Morgan fingerprint density at radius 1 is 1.27 bits per heavy atom. The average molecular weight is 525 g/mol. The van der Waals surface area contributed by atoms with Gasteiger partial charge in [0.2, 0.25) is 0 Å². The third kappa shape index (κ3) is 4.98. The van der Waals surface area contributed by atoms with Gasteiger partial charge in [-0.3, -0.25) is 9.67 Å². The molecule has 5 nitrogen and oxygen atoms in total. The summed E-state index contributed by atoms with van der Waals surface area (Å²) in [5.74, 6) is 1.34. The molecule has 0 radical (unpaired) electrons. The lowest BCUT2D eigenvalue weighted by Crippen LogP contribution is -2.41. The first-order valence-corrected chi connectivity index (χ1v) is 10.9. The second kappa shape index (κ2) is 10.1. The summed E-state index contributed by atoms with van der Waals surface area (Å²) in [4.78, 5) is 7.48. The van der Waals surface area contributed by atoms with Gasteiger partial charge in [-0.15, -0.1) is 24.0 Å². The molecule has 2 fully saturated rings. The molecule has 2 heterocycles.